The van der Waals surface area contributed by atoms with Gasteiger partial charge < -0.3 is 15.5 Å². The van der Waals surface area contributed by atoms with E-state index in [1.54, 1.807) is 0 Å². The predicted octanol–water partition coefficient (Wildman–Crippen LogP) is 3.21. The van der Waals surface area contributed by atoms with E-state index < -0.39 is 0 Å². The molecule has 134 valence electrons. The van der Waals surface area contributed by atoms with Gasteiger partial charge in [0.15, 0.2) is 0 Å². The summed E-state index contributed by atoms with van der Waals surface area (Å²) in [5.74, 6) is 0.611. The van der Waals surface area contributed by atoms with Crippen molar-refractivity contribution < 1.29 is 4.79 Å². The molecule has 0 aliphatic carbocycles. The van der Waals surface area contributed by atoms with E-state index in [2.05, 4.69) is 53.6 Å². The zero-order chi connectivity index (χ0) is 16.2. The Hall–Kier alpha value is -1.26. The van der Waals surface area contributed by atoms with Crippen LogP contribution in [0.25, 0.3) is 0 Å². The van der Waals surface area contributed by atoms with Gasteiger partial charge in [0, 0.05) is 36.8 Å². The number of hydrogen-bond acceptors (Lipinski definition) is 3. The molecule has 1 aromatic rings. The first-order chi connectivity index (χ1) is 11.1. The molecule has 0 bridgehead atoms. The summed E-state index contributed by atoms with van der Waals surface area (Å²) in [5, 5.41) is 7.05. The van der Waals surface area contributed by atoms with Crippen LogP contribution in [-0.4, -0.2) is 42.5 Å². The van der Waals surface area contributed by atoms with Crippen LogP contribution in [0.15, 0.2) is 24.3 Å². The van der Waals surface area contributed by atoms with Crippen LogP contribution in [0.4, 0.5) is 5.69 Å². The van der Waals surface area contributed by atoms with Gasteiger partial charge in [-0.15, -0.1) is 12.4 Å². The lowest BCUT2D eigenvalue weighted by atomic mass is 9.91. The van der Waals surface area contributed by atoms with Crippen molar-refractivity contribution in [2.45, 2.75) is 51.6 Å². The number of anilines is 1. The molecule has 1 amide bonds. The molecule has 5 heteroatoms. The second kappa shape index (κ2) is 8.72. The van der Waals surface area contributed by atoms with Crippen molar-refractivity contribution in [3.05, 3.63) is 29.8 Å². The molecule has 2 aliphatic rings. The predicted molar refractivity (Wildman–Crippen MR) is 102 cm³/mol. The third kappa shape index (κ3) is 4.87. The van der Waals surface area contributed by atoms with E-state index in [1.807, 2.05) is 0 Å². The fraction of sp³-hybridized carbons (Fsp3) is 0.632. The Morgan fingerprint density at radius 2 is 2.00 bits per heavy atom. The molecule has 4 nitrogen and oxygen atoms in total. The van der Waals surface area contributed by atoms with Crippen molar-refractivity contribution in [3.63, 3.8) is 0 Å². The maximum Gasteiger partial charge on any atom is 0.225 e. The number of likely N-dealkylation sites (tertiary alicyclic amines) is 1. The number of nitrogens with one attached hydrogen (secondary N) is 2. The van der Waals surface area contributed by atoms with Gasteiger partial charge in [0.05, 0.1) is 0 Å². The van der Waals surface area contributed by atoms with Crippen LogP contribution in [0.5, 0.6) is 0 Å². The summed E-state index contributed by atoms with van der Waals surface area (Å²) in [7, 11) is 0. The zero-order valence-corrected chi connectivity index (χ0v) is 15.6. The Labute approximate surface area is 151 Å². The second-order valence-electron chi connectivity index (χ2n) is 7.19. The van der Waals surface area contributed by atoms with Gasteiger partial charge in [-0.1, -0.05) is 12.1 Å². The van der Waals surface area contributed by atoms with Crippen molar-refractivity contribution in [1.29, 1.82) is 0 Å². The summed E-state index contributed by atoms with van der Waals surface area (Å²) >= 11 is 0. The largest absolute Gasteiger partial charge is 0.382 e. The first-order valence-electron chi connectivity index (χ1n) is 8.97. The quantitative estimate of drug-likeness (QED) is 0.878. The second-order valence-corrected chi connectivity index (χ2v) is 7.19. The molecule has 0 unspecified atom stereocenters. The molecule has 3 rings (SSSR count). The molecule has 0 aromatic heterocycles. The van der Waals surface area contributed by atoms with Gasteiger partial charge in [0.25, 0.3) is 0 Å². The number of piperidine rings is 2. The van der Waals surface area contributed by atoms with E-state index in [0.717, 1.165) is 45.3 Å². The number of amides is 1. The summed E-state index contributed by atoms with van der Waals surface area (Å²) in [6.45, 7) is 7.05. The van der Waals surface area contributed by atoms with Crippen LogP contribution in [-0.2, 0) is 4.79 Å². The molecule has 2 fully saturated rings. The third-order valence-corrected chi connectivity index (χ3v) is 5.17. The lowest BCUT2D eigenvalue weighted by Gasteiger charge is -2.37. The lowest BCUT2D eigenvalue weighted by molar-refractivity contribution is -0.137. The molecule has 2 atom stereocenters. The summed E-state index contributed by atoms with van der Waals surface area (Å²) < 4.78 is 0. The zero-order valence-electron chi connectivity index (χ0n) is 14.8. The normalized spacial score (nSPS) is 25.0. The number of halogens is 1. The molecular formula is C19H30ClN3O. The van der Waals surface area contributed by atoms with Crippen LogP contribution < -0.4 is 10.6 Å². The van der Waals surface area contributed by atoms with Gasteiger partial charge in [-0.05, 0) is 63.8 Å². The van der Waals surface area contributed by atoms with Crippen molar-refractivity contribution in [1.82, 2.24) is 10.2 Å². The average Bonchev–Trinajstić information content (AvgIpc) is 2.55. The molecule has 0 radical (unpaired) electrons. The highest BCUT2D eigenvalue weighted by Gasteiger charge is 2.30. The average molecular weight is 352 g/mol. The van der Waals surface area contributed by atoms with Gasteiger partial charge in [-0.2, -0.15) is 0 Å². The van der Waals surface area contributed by atoms with Gasteiger partial charge in [0.2, 0.25) is 5.91 Å². The van der Waals surface area contributed by atoms with Crippen molar-refractivity contribution in [2.75, 3.05) is 25.0 Å². The maximum absolute atomic E-state index is 12.7. The summed E-state index contributed by atoms with van der Waals surface area (Å²) in [5.41, 5.74) is 2.48. The molecule has 2 aliphatic heterocycles. The van der Waals surface area contributed by atoms with Crippen molar-refractivity contribution in [2.24, 2.45) is 5.92 Å². The van der Waals surface area contributed by atoms with E-state index in [-0.39, 0.29) is 18.3 Å². The Morgan fingerprint density at radius 1 is 1.25 bits per heavy atom. The number of rotatable bonds is 3. The van der Waals surface area contributed by atoms with Crippen LogP contribution in [0.1, 0.15) is 38.2 Å². The van der Waals surface area contributed by atoms with Gasteiger partial charge in [-0.3, -0.25) is 4.79 Å². The first-order valence-corrected chi connectivity index (χ1v) is 8.97. The molecule has 2 heterocycles. The summed E-state index contributed by atoms with van der Waals surface area (Å²) in [4.78, 5) is 14.8. The van der Waals surface area contributed by atoms with Crippen LogP contribution in [0.3, 0.4) is 0 Å². The SMILES string of the molecule is Cc1cccc(NC2CCN(C(=O)[C@H]3CCN[C@@H](C)C3)CC2)c1.Cl. The van der Waals surface area contributed by atoms with E-state index in [1.165, 1.54) is 11.3 Å². The van der Waals surface area contributed by atoms with E-state index in [0.29, 0.717) is 18.0 Å². The fourth-order valence-electron chi connectivity index (χ4n) is 3.83. The summed E-state index contributed by atoms with van der Waals surface area (Å²) in [6, 6.07) is 9.47. The molecule has 2 saturated heterocycles. The highest BCUT2D eigenvalue weighted by molar-refractivity contribution is 5.85. The number of carbonyl (C=O) groups excluding carboxylic acids is 1. The van der Waals surface area contributed by atoms with E-state index >= 15 is 0 Å². The van der Waals surface area contributed by atoms with Gasteiger partial charge >= 0.3 is 0 Å². The molecular weight excluding hydrogens is 322 g/mol. The van der Waals surface area contributed by atoms with Gasteiger partial charge in [-0.25, -0.2) is 0 Å². The fourth-order valence-corrected chi connectivity index (χ4v) is 3.83. The maximum atomic E-state index is 12.7. The van der Waals surface area contributed by atoms with Gasteiger partial charge in [0.1, 0.15) is 0 Å². The third-order valence-electron chi connectivity index (χ3n) is 5.17. The van der Waals surface area contributed by atoms with Crippen molar-refractivity contribution in [3.8, 4) is 0 Å². The highest BCUT2D eigenvalue weighted by atomic mass is 35.5. The summed E-state index contributed by atoms with van der Waals surface area (Å²) in [6.07, 6.45) is 4.06. The molecule has 0 spiro atoms. The minimum atomic E-state index is 0. The van der Waals surface area contributed by atoms with Crippen molar-refractivity contribution >= 4 is 24.0 Å². The molecule has 0 saturated carbocycles. The topological polar surface area (TPSA) is 44.4 Å². The molecule has 1 aromatic carbocycles. The highest BCUT2D eigenvalue weighted by Crippen LogP contribution is 2.23. The van der Waals surface area contributed by atoms with E-state index in [9.17, 15) is 4.79 Å². The molecule has 2 N–H and O–H groups in total. The number of nitrogens with zero attached hydrogens (tertiary/aromatic N) is 1. The standard InChI is InChI=1S/C19H29N3O.ClH/c1-14-4-3-5-18(12-14)21-17-7-10-22(11-8-17)19(23)16-6-9-20-15(2)13-16;/h3-5,12,15-17,20-21H,6-11,13H2,1-2H3;1H/t15-,16-;/m0./s1. The smallest absolute Gasteiger partial charge is 0.225 e. The number of carbonyl (C=O) groups is 1. The monoisotopic (exact) mass is 351 g/mol. The minimum absolute atomic E-state index is 0. The number of benzene rings is 1. The number of hydrogen-bond donors (Lipinski definition) is 2. The Bertz CT molecular complexity index is 543. The van der Waals surface area contributed by atoms with Crippen LogP contribution in [0.2, 0.25) is 0 Å². The van der Waals surface area contributed by atoms with Crippen LogP contribution >= 0.6 is 12.4 Å². The number of aryl methyl sites for hydroxylation is 1. The Morgan fingerprint density at radius 3 is 2.67 bits per heavy atom. The van der Waals surface area contributed by atoms with Crippen LogP contribution in [0, 0.1) is 12.8 Å². The lowest BCUT2D eigenvalue weighted by Crippen LogP contribution is -2.48. The first kappa shape index (κ1) is 19.1. The van der Waals surface area contributed by atoms with E-state index in [4.69, 9.17) is 0 Å². The minimum Gasteiger partial charge on any atom is -0.382 e. The molecule has 24 heavy (non-hydrogen) atoms. The Balaban J connectivity index is 0.00000208. The Kier molecular flexibility index (Phi) is 6.93.